The Kier molecular flexibility index (Phi) is 8.07. The summed E-state index contributed by atoms with van der Waals surface area (Å²) in [7, 11) is 0. The summed E-state index contributed by atoms with van der Waals surface area (Å²) >= 11 is 0. The van der Waals surface area contributed by atoms with E-state index in [4.69, 9.17) is 9.97 Å². The van der Waals surface area contributed by atoms with Crippen LogP contribution in [0.3, 0.4) is 0 Å². The van der Waals surface area contributed by atoms with Gasteiger partial charge < -0.3 is 0 Å². The third-order valence-corrected chi connectivity index (χ3v) is 11.0. The SMILES string of the molecule is c1cncc(-c2cccc(-c3ccc4cc(-c5ccc6nc(-c7cc(-c8ccnc9ccccc89)cc(-c8ccnc9ccccc89)c7)ccc6c5)ccc4n3)c2)c1. The van der Waals surface area contributed by atoms with Crippen LogP contribution in [0.5, 0.6) is 0 Å². The van der Waals surface area contributed by atoms with Gasteiger partial charge in [0.1, 0.15) is 0 Å². The summed E-state index contributed by atoms with van der Waals surface area (Å²) in [4.78, 5) is 23.9. The summed E-state index contributed by atoms with van der Waals surface area (Å²) in [6, 6.07) is 61.8. The van der Waals surface area contributed by atoms with Crippen molar-refractivity contribution in [2.45, 2.75) is 0 Å². The highest BCUT2D eigenvalue weighted by Crippen LogP contribution is 2.38. The molecule has 0 bridgehead atoms. The Morgan fingerprint density at radius 1 is 0.293 bits per heavy atom. The fourth-order valence-electron chi connectivity index (χ4n) is 8.11. The molecule has 11 aromatic rings. The lowest BCUT2D eigenvalue weighted by Gasteiger charge is -2.14. The standard InChI is InChI=1S/C53H33N5/c1-3-12-52-46(10-1)44(22-25-55-52)41-30-42(45-23-26-56-53-13-4-2-11-47(45)53)32-43(31-41)51-21-17-39-29-36(15-19-50(39)58-51)35-14-18-49-38(28-35)16-20-48(57-49)37-8-5-7-34(27-37)40-9-6-24-54-33-40/h1-33H. The Bertz CT molecular complexity index is 3250. The van der Waals surface area contributed by atoms with Gasteiger partial charge in [0, 0.05) is 63.0 Å². The Labute approximate surface area is 335 Å². The lowest BCUT2D eigenvalue weighted by atomic mass is 9.92. The van der Waals surface area contributed by atoms with Gasteiger partial charge in [-0.1, -0.05) is 84.9 Å². The van der Waals surface area contributed by atoms with Gasteiger partial charge in [-0.15, -0.1) is 0 Å². The van der Waals surface area contributed by atoms with E-state index in [0.717, 1.165) is 111 Å². The van der Waals surface area contributed by atoms with Gasteiger partial charge in [-0.2, -0.15) is 0 Å². The monoisotopic (exact) mass is 739 g/mol. The maximum Gasteiger partial charge on any atom is 0.0710 e. The first-order valence-electron chi connectivity index (χ1n) is 19.4. The van der Waals surface area contributed by atoms with Crippen molar-refractivity contribution in [1.82, 2.24) is 24.9 Å². The van der Waals surface area contributed by atoms with E-state index in [-0.39, 0.29) is 0 Å². The second-order valence-corrected chi connectivity index (χ2v) is 14.6. The largest absolute Gasteiger partial charge is 0.264 e. The smallest absolute Gasteiger partial charge is 0.0710 e. The van der Waals surface area contributed by atoms with Gasteiger partial charge in [-0.25, -0.2) is 9.97 Å². The van der Waals surface area contributed by atoms with Gasteiger partial charge >= 0.3 is 0 Å². The Hall–Kier alpha value is -7.89. The zero-order valence-corrected chi connectivity index (χ0v) is 31.3. The van der Waals surface area contributed by atoms with E-state index in [0.29, 0.717) is 0 Å². The summed E-state index contributed by atoms with van der Waals surface area (Å²) in [5, 5.41) is 4.41. The van der Waals surface area contributed by atoms with Crippen molar-refractivity contribution >= 4 is 43.6 Å². The first-order valence-corrected chi connectivity index (χ1v) is 19.4. The number of nitrogens with zero attached hydrogens (tertiary/aromatic N) is 5. The van der Waals surface area contributed by atoms with E-state index in [1.807, 2.05) is 36.8 Å². The molecule has 0 amide bonds. The van der Waals surface area contributed by atoms with Crippen LogP contribution in [0.15, 0.2) is 201 Å². The molecule has 270 valence electrons. The van der Waals surface area contributed by atoms with Crippen molar-refractivity contribution in [3.8, 4) is 67.0 Å². The number of pyridine rings is 5. The molecule has 0 N–H and O–H groups in total. The van der Waals surface area contributed by atoms with E-state index >= 15 is 0 Å². The van der Waals surface area contributed by atoms with Gasteiger partial charge in [-0.3, -0.25) is 15.0 Å². The molecule has 5 nitrogen and oxygen atoms in total. The second-order valence-electron chi connectivity index (χ2n) is 14.6. The van der Waals surface area contributed by atoms with Crippen LogP contribution in [0.25, 0.3) is 111 Å². The molecule has 0 saturated heterocycles. The summed E-state index contributed by atoms with van der Waals surface area (Å²) in [5.74, 6) is 0. The molecular formula is C53H33N5. The fraction of sp³-hybridized carbons (Fsp3) is 0. The van der Waals surface area contributed by atoms with E-state index < -0.39 is 0 Å². The van der Waals surface area contributed by atoms with E-state index in [1.165, 1.54) is 0 Å². The molecule has 0 atom stereocenters. The van der Waals surface area contributed by atoms with Crippen molar-refractivity contribution in [3.05, 3.63) is 201 Å². The van der Waals surface area contributed by atoms with E-state index in [9.17, 15) is 0 Å². The van der Waals surface area contributed by atoms with Crippen LogP contribution in [-0.2, 0) is 0 Å². The highest BCUT2D eigenvalue weighted by molar-refractivity contribution is 6.00. The molecule has 6 aromatic carbocycles. The van der Waals surface area contributed by atoms with Crippen LogP contribution in [0, 0.1) is 0 Å². The third-order valence-electron chi connectivity index (χ3n) is 11.0. The van der Waals surface area contributed by atoms with Crippen LogP contribution in [-0.4, -0.2) is 24.9 Å². The average molecular weight is 740 g/mol. The molecule has 0 saturated carbocycles. The normalized spacial score (nSPS) is 11.4. The lowest BCUT2D eigenvalue weighted by molar-refractivity contribution is 1.33. The lowest BCUT2D eigenvalue weighted by Crippen LogP contribution is -1.92. The Balaban J connectivity index is 0.952. The first-order chi connectivity index (χ1) is 28.7. The summed E-state index contributed by atoms with van der Waals surface area (Å²) < 4.78 is 0. The number of fused-ring (bicyclic) bond motifs is 4. The zero-order chi connectivity index (χ0) is 38.4. The topological polar surface area (TPSA) is 64.5 Å². The quantitative estimate of drug-likeness (QED) is 0.170. The van der Waals surface area contributed by atoms with Crippen LogP contribution in [0.2, 0.25) is 0 Å². The van der Waals surface area contributed by atoms with Crippen molar-refractivity contribution in [2.24, 2.45) is 0 Å². The van der Waals surface area contributed by atoms with Crippen LogP contribution in [0.1, 0.15) is 0 Å². The van der Waals surface area contributed by atoms with Gasteiger partial charge in [-0.05, 0) is 130 Å². The number of hydrogen-bond donors (Lipinski definition) is 0. The number of hydrogen-bond acceptors (Lipinski definition) is 5. The highest BCUT2D eigenvalue weighted by atomic mass is 14.7. The van der Waals surface area contributed by atoms with Crippen LogP contribution in [0.4, 0.5) is 0 Å². The molecule has 0 unspecified atom stereocenters. The molecule has 0 aliphatic heterocycles. The molecular weight excluding hydrogens is 707 g/mol. The number of para-hydroxylation sites is 2. The maximum absolute atomic E-state index is 5.25. The number of rotatable bonds is 6. The van der Waals surface area contributed by atoms with Gasteiger partial charge in [0.2, 0.25) is 0 Å². The summed E-state index contributed by atoms with van der Waals surface area (Å²) in [5.41, 5.74) is 16.8. The predicted octanol–water partition coefficient (Wildman–Crippen LogP) is 13.3. The highest BCUT2D eigenvalue weighted by Gasteiger charge is 2.14. The van der Waals surface area contributed by atoms with Gasteiger partial charge in [0.15, 0.2) is 0 Å². The average Bonchev–Trinajstić information content (AvgIpc) is 3.30. The number of benzene rings is 6. The molecule has 58 heavy (non-hydrogen) atoms. The Morgan fingerprint density at radius 3 is 1.41 bits per heavy atom. The van der Waals surface area contributed by atoms with Crippen LogP contribution >= 0.6 is 0 Å². The molecule has 5 heterocycles. The van der Waals surface area contributed by atoms with Crippen molar-refractivity contribution in [3.63, 3.8) is 0 Å². The maximum atomic E-state index is 5.25. The minimum atomic E-state index is 0.915. The van der Waals surface area contributed by atoms with Gasteiger partial charge in [0.25, 0.3) is 0 Å². The molecule has 5 aromatic heterocycles. The van der Waals surface area contributed by atoms with Crippen molar-refractivity contribution < 1.29 is 0 Å². The van der Waals surface area contributed by atoms with E-state index in [2.05, 4.69) is 173 Å². The molecule has 11 rings (SSSR count). The first kappa shape index (κ1) is 33.4. The van der Waals surface area contributed by atoms with Crippen molar-refractivity contribution in [1.29, 1.82) is 0 Å². The van der Waals surface area contributed by atoms with Gasteiger partial charge in [0.05, 0.1) is 33.5 Å². The molecule has 0 aliphatic rings. The number of aromatic nitrogens is 5. The second kappa shape index (κ2) is 14.0. The summed E-state index contributed by atoms with van der Waals surface area (Å²) in [6.45, 7) is 0. The van der Waals surface area contributed by atoms with E-state index in [1.54, 1.807) is 6.20 Å². The summed E-state index contributed by atoms with van der Waals surface area (Å²) in [6.07, 6.45) is 7.48. The molecule has 0 spiro atoms. The molecule has 0 fully saturated rings. The minimum Gasteiger partial charge on any atom is -0.264 e. The molecule has 5 heteroatoms. The zero-order valence-electron chi connectivity index (χ0n) is 31.3. The minimum absolute atomic E-state index is 0.915. The van der Waals surface area contributed by atoms with Crippen LogP contribution < -0.4 is 0 Å². The third kappa shape index (κ3) is 6.12. The molecule has 0 radical (unpaired) electrons. The fourth-order valence-corrected chi connectivity index (χ4v) is 8.11. The predicted molar refractivity (Wildman–Crippen MR) is 238 cm³/mol. The molecule has 0 aliphatic carbocycles. The van der Waals surface area contributed by atoms with Crippen molar-refractivity contribution in [2.75, 3.05) is 0 Å². The Morgan fingerprint density at radius 2 is 0.810 bits per heavy atom.